The summed E-state index contributed by atoms with van der Waals surface area (Å²) < 4.78 is 41.1. The van der Waals surface area contributed by atoms with E-state index in [1.165, 1.54) is 23.3 Å². The van der Waals surface area contributed by atoms with Gasteiger partial charge in [-0.25, -0.2) is 0 Å². The molecule has 3 nitrogen and oxygen atoms in total. The van der Waals surface area contributed by atoms with Crippen LogP contribution in [0.4, 0.5) is 13.2 Å². The Balaban J connectivity index is 1.47. The minimum Gasteiger partial charge on any atom is -0.406 e. The lowest BCUT2D eigenvalue weighted by atomic mass is 10.1. The first kappa shape index (κ1) is 20.7. The second-order valence-electron chi connectivity index (χ2n) is 7.59. The number of nitrogens with zero attached hydrogens (tertiary/aromatic N) is 2. The Bertz CT molecular complexity index is 761. The van der Waals surface area contributed by atoms with Crippen LogP contribution in [0.5, 0.6) is 5.75 Å². The van der Waals surface area contributed by atoms with Gasteiger partial charge in [0.2, 0.25) is 0 Å². The van der Waals surface area contributed by atoms with E-state index in [-0.39, 0.29) is 5.75 Å². The van der Waals surface area contributed by atoms with Crippen LogP contribution in [0.1, 0.15) is 23.1 Å². The van der Waals surface area contributed by atoms with Crippen LogP contribution >= 0.6 is 0 Å². The minimum atomic E-state index is -4.65. The number of hydrogen-bond donors (Lipinski definition) is 0. The summed E-state index contributed by atoms with van der Waals surface area (Å²) in [5.41, 5.74) is 3.45. The normalized spacial score (nSPS) is 18.0. The van der Waals surface area contributed by atoms with Crippen molar-refractivity contribution in [3.63, 3.8) is 0 Å². The molecule has 0 aromatic heterocycles. The summed E-state index contributed by atoms with van der Waals surface area (Å²) in [4.78, 5) is 4.77. The van der Waals surface area contributed by atoms with Crippen LogP contribution in [0, 0.1) is 6.92 Å². The molecule has 0 radical (unpaired) electrons. The van der Waals surface area contributed by atoms with Crippen molar-refractivity contribution in [1.29, 1.82) is 0 Å². The highest BCUT2D eigenvalue weighted by Crippen LogP contribution is 2.24. The fourth-order valence-electron chi connectivity index (χ4n) is 3.65. The maximum atomic E-state index is 12.4. The van der Waals surface area contributed by atoms with Crippen LogP contribution in [-0.4, -0.2) is 48.9 Å². The number of hydrogen-bond acceptors (Lipinski definition) is 3. The molecule has 152 valence electrons. The van der Waals surface area contributed by atoms with Crippen molar-refractivity contribution in [3.05, 3.63) is 65.2 Å². The van der Waals surface area contributed by atoms with Gasteiger partial charge in [-0.15, -0.1) is 13.2 Å². The number of aryl methyl sites for hydroxylation is 1. The summed E-state index contributed by atoms with van der Waals surface area (Å²) in [5.74, 6) is -0.155. The zero-order chi connectivity index (χ0) is 20.1. The Morgan fingerprint density at radius 3 is 2.57 bits per heavy atom. The summed E-state index contributed by atoms with van der Waals surface area (Å²) in [6.07, 6.45) is -2.85. The van der Waals surface area contributed by atoms with Crippen molar-refractivity contribution in [3.8, 4) is 5.75 Å². The largest absolute Gasteiger partial charge is 0.573 e. The van der Waals surface area contributed by atoms with Crippen LogP contribution in [0.3, 0.4) is 0 Å². The second kappa shape index (κ2) is 8.97. The number of rotatable bonds is 7. The van der Waals surface area contributed by atoms with Gasteiger partial charge in [0.05, 0.1) is 0 Å². The first-order chi connectivity index (χ1) is 13.3. The average molecular weight is 392 g/mol. The van der Waals surface area contributed by atoms with Crippen LogP contribution < -0.4 is 4.74 Å². The van der Waals surface area contributed by atoms with Crippen LogP contribution in [0.15, 0.2) is 48.5 Å². The fourth-order valence-corrected chi connectivity index (χ4v) is 3.65. The summed E-state index contributed by atoms with van der Waals surface area (Å²) in [6, 6.07) is 15.4. The van der Waals surface area contributed by atoms with E-state index >= 15 is 0 Å². The Labute approximate surface area is 164 Å². The number of halogens is 3. The molecular formula is C22H27F3N2O. The lowest BCUT2D eigenvalue weighted by Gasteiger charge is -2.25. The van der Waals surface area contributed by atoms with E-state index in [9.17, 15) is 13.2 Å². The van der Waals surface area contributed by atoms with Gasteiger partial charge in [-0.1, -0.05) is 42.0 Å². The molecule has 1 saturated heterocycles. The molecule has 28 heavy (non-hydrogen) atoms. The number of alkyl halides is 3. The van der Waals surface area contributed by atoms with Crippen LogP contribution in [0.2, 0.25) is 0 Å². The van der Waals surface area contributed by atoms with Gasteiger partial charge in [-0.05, 0) is 50.1 Å². The zero-order valence-electron chi connectivity index (χ0n) is 16.4. The summed E-state index contributed by atoms with van der Waals surface area (Å²) in [7, 11) is 2.09. The summed E-state index contributed by atoms with van der Waals surface area (Å²) in [6.45, 7) is 5.94. The van der Waals surface area contributed by atoms with E-state index in [0.717, 1.165) is 38.2 Å². The van der Waals surface area contributed by atoms with E-state index in [2.05, 4.69) is 52.8 Å². The van der Waals surface area contributed by atoms with Gasteiger partial charge in [0.15, 0.2) is 0 Å². The number of benzene rings is 2. The average Bonchev–Trinajstić information content (AvgIpc) is 3.09. The smallest absolute Gasteiger partial charge is 0.406 e. The molecule has 1 heterocycles. The van der Waals surface area contributed by atoms with Crippen molar-refractivity contribution in [2.24, 2.45) is 0 Å². The van der Waals surface area contributed by atoms with Gasteiger partial charge < -0.3 is 9.64 Å². The van der Waals surface area contributed by atoms with E-state index in [0.29, 0.717) is 12.5 Å². The quantitative estimate of drug-likeness (QED) is 0.683. The highest BCUT2D eigenvalue weighted by atomic mass is 19.4. The summed E-state index contributed by atoms with van der Waals surface area (Å²) in [5, 5.41) is 0. The number of likely N-dealkylation sites (tertiary alicyclic amines) is 1. The predicted octanol–water partition coefficient (Wildman–Crippen LogP) is 4.64. The molecule has 0 saturated carbocycles. The third kappa shape index (κ3) is 6.24. The first-order valence-corrected chi connectivity index (χ1v) is 9.61. The molecule has 6 heteroatoms. The maximum Gasteiger partial charge on any atom is 0.573 e. The molecular weight excluding hydrogens is 365 g/mol. The monoisotopic (exact) mass is 392 g/mol. The number of ether oxygens (including phenoxy) is 1. The van der Waals surface area contributed by atoms with Gasteiger partial charge in [0.25, 0.3) is 0 Å². The predicted molar refractivity (Wildman–Crippen MR) is 104 cm³/mol. The topological polar surface area (TPSA) is 15.7 Å². The Morgan fingerprint density at radius 1 is 1.11 bits per heavy atom. The van der Waals surface area contributed by atoms with E-state index in [1.807, 2.05) is 6.07 Å². The molecule has 2 aromatic carbocycles. The molecule has 3 rings (SSSR count). The second-order valence-corrected chi connectivity index (χ2v) is 7.59. The molecule has 0 aliphatic carbocycles. The highest BCUT2D eigenvalue weighted by Gasteiger charge is 2.31. The van der Waals surface area contributed by atoms with Crippen molar-refractivity contribution >= 4 is 0 Å². The first-order valence-electron chi connectivity index (χ1n) is 9.61. The maximum absolute atomic E-state index is 12.4. The fraction of sp³-hybridized carbons (Fsp3) is 0.455. The highest BCUT2D eigenvalue weighted by molar-refractivity contribution is 5.29. The Morgan fingerprint density at radius 2 is 1.86 bits per heavy atom. The van der Waals surface area contributed by atoms with Crippen molar-refractivity contribution in [2.75, 3.05) is 26.7 Å². The van der Waals surface area contributed by atoms with Crippen molar-refractivity contribution in [2.45, 2.75) is 38.7 Å². The summed E-state index contributed by atoms with van der Waals surface area (Å²) >= 11 is 0. The minimum absolute atomic E-state index is 0.155. The lowest BCUT2D eigenvalue weighted by molar-refractivity contribution is -0.274. The third-order valence-electron chi connectivity index (χ3n) is 5.28. The molecule has 0 bridgehead atoms. The molecule has 0 N–H and O–H groups in total. The Hall–Kier alpha value is -2.05. The molecule has 1 aliphatic heterocycles. The number of likely N-dealkylation sites (N-methyl/N-ethyl adjacent to an activating group) is 1. The molecule has 0 amide bonds. The SMILES string of the molecule is Cc1ccc(CN2CCC(N(C)CCc3cccc(OC(F)(F)F)c3)C2)cc1. The molecule has 0 spiro atoms. The van der Waals surface area contributed by atoms with Crippen molar-refractivity contribution in [1.82, 2.24) is 9.80 Å². The zero-order valence-corrected chi connectivity index (χ0v) is 16.4. The van der Waals surface area contributed by atoms with Gasteiger partial charge in [-0.3, -0.25) is 4.90 Å². The van der Waals surface area contributed by atoms with E-state index in [4.69, 9.17) is 0 Å². The van der Waals surface area contributed by atoms with Gasteiger partial charge >= 0.3 is 6.36 Å². The molecule has 2 aromatic rings. The van der Waals surface area contributed by atoms with Crippen LogP contribution in [-0.2, 0) is 13.0 Å². The third-order valence-corrected chi connectivity index (χ3v) is 5.28. The van der Waals surface area contributed by atoms with E-state index in [1.54, 1.807) is 6.07 Å². The standard InChI is InChI=1S/C22H27F3N2O/c1-17-6-8-19(9-7-17)15-27-13-11-20(16-27)26(2)12-10-18-4-3-5-21(14-18)28-22(23,24)25/h3-9,14,20H,10-13,15-16H2,1-2H3. The molecule has 1 fully saturated rings. The lowest BCUT2D eigenvalue weighted by Crippen LogP contribution is -2.35. The van der Waals surface area contributed by atoms with Gasteiger partial charge in [0.1, 0.15) is 5.75 Å². The van der Waals surface area contributed by atoms with Crippen molar-refractivity contribution < 1.29 is 17.9 Å². The van der Waals surface area contributed by atoms with Crippen LogP contribution in [0.25, 0.3) is 0 Å². The van der Waals surface area contributed by atoms with Gasteiger partial charge in [0, 0.05) is 32.2 Å². The Kier molecular flexibility index (Phi) is 6.62. The van der Waals surface area contributed by atoms with Gasteiger partial charge in [-0.2, -0.15) is 0 Å². The van der Waals surface area contributed by atoms with E-state index < -0.39 is 6.36 Å². The molecule has 1 aliphatic rings. The molecule has 1 atom stereocenters. The molecule has 1 unspecified atom stereocenters.